The first kappa shape index (κ1) is 16.5. The molecule has 2 aliphatic rings. The first-order valence-corrected chi connectivity index (χ1v) is 8.27. The summed E-state index contributed by atoms with van der Waals surface area (Å²) in [6.45, 7) is 7.46. The van der Waals surface area contributed by atoms with Crippen molar-refractivity contribution in [3.8, 4) is 0 Å². The molecule has 3 rings (SSSR count). The minimum absolute atomic E-state index is 0.0700. The molecular formula is C17H23N3O4. The van der Waals surface area contributed by atoms with Crippen LogP contribution in [0.3, 0.4) is 0 Å². The summed E-state index contributed by atoms with van der Waals surface area (Å²) in [5, 5.41) is 6.82. The van der Waals surface area contributed by atoms with Crippen LogP contribution in [0.2, 0.25) is 0 Å². The Labute approximate surface area is 141 Å². The molecule has 1 unspecified atom stereocenters. The highest BCUT2D eigenvalue weighted by atomic mass is 16.7. The lowest BCUT2D eigenvalue weighted by Crippen LogP contribution is -2.39. The van der Waals surface area contributed by atoms with Crippen LogP contribution in [-0.2, 0) is 9.63 Å². The molecule has 130 valence electrons. The quantitative estimate of drug-likeness (QED) is 0.909. The van der Waals surface area contributed by atoms with Crippen molar-refractivity contribution < 1.29 is 18.8 Å². The molecule has 7 heteroatoms. The van der Waals surface area contributed by atoms with Crippen LogP contribution in [0.5, 0.6) is 0 Å². The molecule has 0 bridgehead atoms. The number of likely N-dealkylation sites (tertiary alicyclic amines) is 1. The van der Waals surface area contributed by atoms with Gasteiger partial charge >= 0.3 is 0 Å². The monoisotopic (exact) mass is 333 g/mol. The van der Waals surface area contributed by atoms with Crippen LogP contribution in [0.1, 0.15) is 42.8 Å². The Bertz CT molecular complexity index is 679. The summed E-state index contributed by atoms with van der Waals surface area (Å²) < 4.78 is 5.20. The molecule has 1 N–H and O–H groups in total. The number of hydrogen-bond donors (Lipinski definition) is 1. The second kappa shape index (κ2) is 6.30. The van der Waals surface area contributed by atoms with Crippen LogP contribution >= 0.6 is 0 Å². The van der Waals surface area contributed by atoms with E-state index in [0.717, 1.165) is 0 Å². The largest absolute Gasteiger partial charge is 0.469 e. The molecule has 7 nitrogen and oxygen atoms in total. The number of furan rings is 1. The first-order chi connectivity index (χ1) is 11.4. The van der Waals surface area contributed by atoms with Gasteiger partial charge in [-0.05, 0) is 18.9 Å². The average molecular weight is 333 g/mol. The highest BCUT2D eigenvalue weighted by molar-refractivity contribution is 6.39. The van der Waals surface area contributed by atoms with E-state index in [-0.39, 0.29) is 11.8 Å². The summed E-state index contributed by atoms with van der Waals surface area (Å²) in [4.78, 5) is 32.0. The van der Waals surface area contributed by atoms with Gasteiger partial charge in [0.05, 0.1) is 18.4 Å². The Hall–Kier alpha value is -2.31. The van der Waals surface area contributed by atoms with E-state index >= 15 is 0 Å². The van der Waals surface area contributed by atoms with Gasteiger partial charge in [-0.15, -0.1) is 0 Å². The minimum atomic E-state index is -0.572. The van der Waals surface area contributed by atoms with E-state index in [1.807, 2.05) is 13.8 Å². The fraction of sp³-hybridized carbons (Fsp3) is 0.588. The van der Waals surface area contributed by atoms with Gasteiger partial charge in [0.1, 0.15) is 11.5 Å². The minimum Gasteiger partial charge on any atom is -0.469 e. The number of amides is 2. The van der Waals surface area contributed by atoms with Crippen molar-refractivity contribution in [2.45, 2.75) is 39.2 Å². The van der Waals surface area contributed by atoms with Crippen molar-refractivity contribution >= 4 is 17.5 Å². The molecule has 0 aromatic carbocycles. The number of oxime groups is 1. The van der Waals surface area contributed by atoms with Crippen LogP contribution in [0.4, 0.5) is 0 Å². The van der Waals surface area contributed by atoms with Gasteiger partial charge < -0.3 is 19.5 Å². The number of hydrogen-bond acceptors (Lipinski definition) is 5. The van der Waals surface area contributed by atoms with Crippen LogP contribution < -0.4 is 5.32 Å². The number of nitrogens with one attached hydrogen (secondary N) is 1. The van der Waals surface area contributed by atoms with Gasteiger partial charge in [0.15, 0.2) is 5.60 Å². The Balaban J connectivity index is 1.59. The maximum Gasteiger partial charge on any atom is 0.269 e. The molecule has 1 aromatic heterocycles. The van der Waals surface area contributed by atoms with Crippen LogP contribution in [0.25, 0.3) is 0 Å². The molecule has 3 heterocycles. The molecule has 24 heavy (non-hydrogen) atoms. The molecule has 2 aliphatic heterocycles. The maximum atomic E-state index is 12.6. The highest BCUT2D eigenvalue weighted by Crippen LogP contribution is 2.34. The SMILES string of the molecule is Cc1occc1C(=O)N1CCC2(CC(C(=O)NCC(C)C)=NO2)C1. The van der Waals surface area contributed by atoms with Crippen molar-refractivity contribution in [1.82, 2.24) is 10.2 Å². The van der Waals surface area contributed by atoms with E-state index in [2.05, 4.69) is 10.5 Å². The summed E-state index contributed by atoms with van der Waals surface area (Å²) in [5.74, 6) is 0.734. The number of rotatable bonds is 4. The average Bonchev–Trinajstić information content (AvgIpc) is 3.26. The predicted molar refractivity (Wildman–Crippen MR) is 87.7 cm³/mol. The van der Waals surface area contributed by atoms with Gasteiger partial charge in [-0.25, -0.2) is 0 Å². The molecule has 2 amide bonds. The zero-order chi connectivity index (χ0) is 17.3. The van der Waals surface area contributed by atoms with Gasteiger partial charge in [-0.2, -0.15) is 0 Å². The molecular weight excluding hydrogens is 310 g/mol. The third-order valence-electron chi connectivity index (χ3n) is 4.46. The van der Waals surface area contributed by atoms with Crippen molar-refractivity contribution in [3.63, 3.8) is 0 Å². The summed E-state index contributed by atoms with van der Waals surface area (Å²) in [7, 11) is 0. The number of carbonyl (C=O) groups is 2. The lowest BCUT2D eigenvalue weighted by atomic mass is 9.96. The fourth-order valence-corrected chi connectivity index (χ4v) is 3.06. The van der Waals surface area contributed by atoms with Gasteiger partial charge in [0.25, 0.3) is 11.8 Å². The highest BCUT2D eigenvalue weighted by Gasteiger charge is 2.48. The number of aryl methyl sites for hydroxylation is 1. The maximum absolute atomic E-state index is 12.6. The van der Waals surface area contributed by atoms with Gasteiger partial charge in [-0.1, -0.05) is 19.0 Å². The normalized spacial score (nSPS) is 22.8. The molecule has 1 atom stereocenters. The summed E-state index contributed by atoms with van der Waals surface area (Å²) >= 11 is 0. The number of carbonyl (C=O) groups excluding carboxylic acids is 2. The lowest BCUT2D eigenvalue weighted by Gasteiger charge is -2.21. The summed E-state index contributed by atoms with van der Waals surface area (Å²) in [6, 6.07) is 1.68. The topological polar surface area (TPSA) is 84.1 Å². The predicted octanol–water partition coefficient (Wildman–Crippen LogP) is 1.72. The van der Waals surface area contributed by atoms with E-state index in [1.165, 1.54) is 6.26 Å². The Kier molecular flexibility index (Phi) is 4.34. The smallest absolute Gasteiger partial charge is 0.269 e. The standard InChI is InChI=1S/C17H23N3O4/c1-11(2)9-18-15(21)14-8-17(24-19-14)5-6-20(10-17)16(22)13-4-7-23-12(13)3/h4,7,11H,5-6,8-10H2,1-3H3,(H,18,21). The van der Waals surface area contributed by atoms with E-state index < -0.39 is 5.60 Å². The van der Waals surface area contributed by atoms with Crippen molar-refractivity contribution in [1.29, 1.82) is 0 Å². The van der Waals surface area contributed by atoms with E-state index in [9.17, 15) is 9.59 Å². The second-order valence-electron chi connectivity index (χ2n) is 6.96. The Morgan fingerprint density at radius 2 is 2.25 bits per heavy atom. The van der Waals surface area contributed by atoms with E-state index in [0.29, 0.717) is 55.4 Å². The van der Waals surface area contributed by atoms with Gasteiger partial charge in [0, 0.05) is 25.9 Å². The van der Waals surface area contributed by atoms with Gasteiger partial charge in [0.2, 0.25) is 0 Å². The summed E-state index contributed by atoms with van der Waals surface area (Å²) in [5.41, 5.74) is 0.406. The zero-order valence-electron chi connectivity index (χ0n) is 14.3. The third kappa shape index (κ3) is 3.16. The number of nitrogens with zero attached hydrogens (tertiary/aromatic N) is 2. The Morgan fingerprint density at radius 3 is 2.92 bits per heavy atom. The zero-order valence-corrected chi connectivity index (χ0v) is 14.3. The first-order valence-electron chi connectivity index (χ1n) is 8.27. The molecule has 1 aromatic rings. The molecule has 1 saturated heterocycles. The van der Waals surface area contributed by atoms with E-state index in [4.69, 9.17) is 9.25 Å². The molecule has 1 fully saturated rings. The van der Waals surface area contributed by atoms with Crippen LogP contribution in [-0.4, -0.2) is 47.7 Å². The molecule has 0 aliphatic carbocycles. The molecule has 1 spiro atoms. The Morgan fingerprint density at radius 1 is 1.46 bits per heavy atom. The lowest BCUT2D eigenvalue weighted by molar-refractivity contribution is -0.115. The summed E-state index contributed by atoms with van der Waals surface area (Å²) in [6.07, 6.45) is 2.62. The molecule has 0 saturated carbocycles. The third-order valence-corrected chi connectivity index (χ3v) is 4.46. The van der Waals surface area contributed by atoms with Crippen molar-refractivity contribution in [2.75, 3.05) is 19.6 Å². The van der Waals surface area contributed by atoms with Crippen molar-refractivity contribution in [3.05, 3.63) is 23.7 Å². The molecule has 0 radical (unpaired) electrons. The van der Waals surface area contributed by atoms with Gasteiger partial charge in [-0.3, -0.25) is 9.59 Å². The fourth-order valence-electron chi connectivity index (χ4n) is 3.06. The van der Waals surface area contributed by atoms with Crippen LogP contribution in [0, 0.1) is 12.8 Å². The van der Waals surface area contributed by atoms with Crippen molar-refractivity contribution in [2.24, 2.45) is 11.1 Å². The second-order valence-corrected chi connectivity index (χ2v) is 6.96. The van der Waals surface area contributed by atoms with E-state index in [1.54, 1.807) is 17.9 Å². The van der Waals surface area contributed by atoms with Crippen LogP contribution in [0.15, 0.2) is 21.9 Å².